The summed E-state index contributed by atoms with van der Waals surface area (Å²) < 4.78 is 29.3. The van der Waals surface area contributed by atoms with Crippen molar-refractivity contribution in [3.05, 3.63) is 47.8 Å². The van der Waals surface area contributed by atoms with E-state index in [4.69, 9.17) is 14.2 Å². The van der Waals surface area contributed by atoms with E-state index in [0.29, 0.717) is 28.3 Å². The molecule has 0 bridgehead atoms. The van der Waals surface area contributed by atoms with Gasteiger partial charge in [-0.3, -0.25) is 0 Å². The van der Waals surface area contributed by atoms with E-state index in [2.05, 4.69) is 15.9 Å². The van der Waals surface area contributed by atoms with Crippen LogP contribution in [0.25, 0.3) is 0 Å². The Labute approximate surface area is 125 Å². The van der Waals surface area contributed by atoms with E-state index in [1.165, 1.54) is 12.1 Å². The van der Waals surface area contributed by atoms with E-state index in [9.17, 15) is 4.39 Å². The Kier molecular flexibility index (Phi) is 4.84. The average molecular weight is 341 g/mol. The van der Waals surface area contributed by atoms with Gasteiger partial charge in [-0.15, -0.1) is 0 Å². The van der Waals surface area contributed by atoms with Gasteiger partial charge in [-0.25, -0.2) is 4.39 Å². The molecule has 3 nitrogen and oxygen atoms in total. The highest BCUT2D eigenvalue weighted by molar-refractivity contribution is 9.08. The van der Waals surface area contributed by atoms with Gasteiger partial charge in [0, 0.05) is 29.1 Å². The van der Waals surface area contributed by atoms with E-state index in [1.807, 2.05) is 0 Å². The molecule has 20 heavy (non-hydrogen) atoms. The molecule has 0 saturated carbocycles. The molecule has 0 aliphatic carbocycles. The third-order valence-electron chi connectivity index (χ3n) is 2.72. The predicted octanol–water partition coefficient (Wildman–Crippen LogP) is 4.53. The summed E-state index contributed by atoms with van der Waals surface area (Å²) in [6, 6.07) is 9.62. The molecular formula is C15H14BrFO3. The van der Waals surface area contributed by atoms with Gasteiger partial charge in [-0.1, -0.05) is 15.9 Å². The topological polar surface area (TPSA) is 27.7 Å². The average Bonchev–Trinajstić information content (AvgIpc) is 2.48. The summed E-state index contributed by atoms with van der Waals surface area (Å²) in [4.78, 5) is 0. The molecule has 0 saturated heterocycles. The van der Waals surface area contributed by atoms with Crippen LogP contribution in [0.5, 0.6) is 23.0 Å². The normalized spacial score (nSPS) is 10.2. The van der Waals surface area contributed by atoms with E-state index in [0.717, 1.165) is 5.56 Å². The lowest BCUT2D eigenvalue weighted by molar-refractivity contribution is 0.386. The SMILES string of the molecule is COc1cc(OC)cc(Oc2ccc(F)cc2CBr)c1. The molecule has 2 rings (SSSR count). The zero-order chi connectivity index (χ0) is 14.5. The fraction of sp³-hybridized carbons (Fsp3) is 0.200. The van der Waals surface area contributed by atoms with Gasteiger partial charge in [0.15, 0.2) is 0 Å². The minimum absolute atomic E-state index is 0.296. The second kappa shape index (κ2) is 6.61. The van der Waals surface area contributed by atoms with Crippen LogP contribution >= 0.6 is 15.9 Å². The number of halogens is 2. The van der Waals surface area contributed by atoms with Gasteiger partial charge < -0.3 is 14.2 Å². The number of alkyl halides is 1. The Balaban J connectivity index is 2.34. The van der Waals surface area contributed by atoms with Crippen molar-refractivity contribution in [1.29, 1.82) is 0 Å². The van der Waals surface area contributed by atoms with Crippen molar-refractivity contribution in [2.75, 3.05) is 14.2 Å². The van der Waals surface area contributed by atoms with Gasteiger partial charge in [0.05, 0.1) is 14.2 Å². The summed E-state index contributed by atoms with van der Waals surface area (Å²) in [5, 5.41) is 0.501. The fourth-order valence-corrected chi connectivity index (χ4v) is 2.16. The van der Waals surface area contributed by atoms with Crippen LogP contribution in [0.15, 0.2) is 36.4 Å². The van der Waals surface area contributed by atoms with Gasteiger partial charge in [-0.2, -0.15) is 0 Å². The molecule has 2 aromatic rings. The van der Waals surface area contributed by atoms with Gasteiger partial charge in [0.2, 0.25) is 0 Å². The highest BCUT2D eigenvalue weighted by Crippen LogP contribution is 2.33. The fourth-order valence-electron chi connectivity index (χ4n) is 1.72. The van der Waals surface area contributed by atoms with E-state index in [1.54, 1.807) is 38.5 Å². The maximum absolute atomic E-state index is 13.2. The second-order valence-electron chi connectivity index (χ2n) is 4.04. The Morgan fingerprint density at radius 1 is 0.950 bits per heavy atom. The molecule has 0 aliphatic rings. The zero-order valence-electron chi connectivity index (χ0n) is 11.2. The zero-order valence-corrected chi connectivity index (χ0v) is 12.7. The molecule has 106 valence electrons. The number of rotatable bonds is 5. The first kappa shape index (κ1) is 14.7. The number of ether oxygens (including phenoxy) is 3. The highest BCUT2D eigenvalue weighted by atomic mass is 79.9. The molecule has 0 atom stereocenters. The van der Waals surface area contributed by atoms with Crippen LogP contribution in [0.2, 0.25) is 0 Å². The lowest BCUT2D eigenvalue weighted by Gasteiger charge is -2.12. The minimum Gasteiger partial charge on any atom is -0.496 e. The van der Waals surface area contributed by atoms with E-state index in [-0.39, 0.29) is 5.82 Å². The van der Waals surface area contributed by atoms with Crippen LogP contribution in [0, 0.1) is 5.82 Å². The van der Waals surface area contributed by atoms with Crippen molar-refractivity contribution in [3.63, 3.8) is 0 Å². The van der Waals surface area contributed by atoms with Gasteiger partial charge in [0.25, 0.3) is 0 Å². The quantitative estimate of drug-likeness (QED) is 0.748. The van der Waals surface area contributed by atoms with Crippen molar-refractivity contribution in [3.8, 4) is 23.0 Å². The van der Waals surface area contributed by atoms with E-state index < -0.39 is 0 Å². The monoisotopic (exact) mass is 340 g/mol. The summed E-state index contributed by atoms with van der Waals surface area (Å²) >= 11 is 3.32. The lowest BCUT2D eigenvalue weighted by atomic mass is 10.2. The summed E-state index contributed by atoms with van der Waals surface area (Å²) in [5.41, 5.74) is 0.729. The molecule has 0 aliphatic heterocycles. The summed E-state index contributed by atoms with van der Waals surface area (Å²) in [6.45, 7) is 0. The lowest BCUT2D eigenvalue weighted by Crippen LogP contribution is -1.93. The highest BCUT2D eigenvalue weighted by Gasteiger charge is 2.08. The maximum Gasteiger partial charge on any atom is 0.134 e. The number of benzene rings is 2. The summed E-state index contributed by atoms with van der Waals surface area (Å²) in [5.74, 6) is 2.10. The van der Waals surface area contributed by atoms with Crippen LogP contribution in [0.4, 0.5) is 4.39 Å². The molecule has 0 radical (unpaired) electrons. The van der Waals surface area contributed by atoms with Crippen LogP contribution < -0.4 is 14.2 Å². The van der Waals surface area contributed by atoms with Crippen molar-refractivity contribution in [1.82, 2.24) is 0 Å². The minimum atomic E-state index is -0.296. The summed E-state index contributed by atoms with van der Waals surface area (Å²) in [7, 11) is 3.14. The first-order valence-corrected chi connectivity index (χ1v) is 7.03. The van der Waals surface area contributed by atoms with Crippen LogP contribution in [-0.4, -0.2) is 14.2 Å². The van der Waals surface area contributed by atoms with Crippen molar-refractivity contribution >= 4 is 15.9 Å². The Bertz CT molecular complexity index is 579. The molecule has 0 amide bonds. The van der Waals surface area contributed by atoms with Gasteiger partial charge >= 0.3 is 0 Å². The molecule has 0 fully saturated rings. The van der Waals surface area contributed by atoms with Crippen LogP contribution in [0.1, 0.15) is 5.56 Å². The molecule has 5 heteroatoms. The third kappa shape index (κ3) is 3.42. The molecule has 0 heterocycles. The number of hydrogen-bond acceptors (Lipinski definition) is 3. The number of methoxy groups -OCH3 is 2. The first-order chi connectivity index (χ1) is 9.66. The largest absolute Gasteiger partial charge is 0.496 e. The molecule has 0 N–H and O–H groups in total. The second-order valence-corrected chi connectivity index (χ2v) is 4.60. The summed E-state index contributed by atoms with van der Waals surface area (Å²) in [6.07, 6.45) is 0. The van der Waals surface area contributed by atoms with Gasteiger partial charge in [-0.05, 0) is 18.2 Å². The van der Waals surface area contributed by atoms with Crippen LogP contribution in [0.3, 0.4) is 0 Å². The molecule has 2 aromatic carbocycles. The first-order valence-electron chi connectivity index (χ1n) is 5.91. The predicted molar refractivity (Wildman–Crippen MR) is 78.7 cm³/mol. The van der Waals surface area contributed by atoms with E-state index >= 15 is 0 Å². The van der Waals surface area contributed by atoms with Crippen molar-refractivity contribution in [2.24, 2.45) is 0 Å². The Hall–Kier alpha value is -1.75. The Morgan fingerprint density at radius 2 is 1.55 bits per heavy atom. The Morgan fingerprint density at radius 3 is 2.10 bits per heavy atom. The standard InChI is InChI=1S/C15H14BrFO3/c1-18-12-6-13(19-2)8-14(7-12)20-15-4-3-11(17)5-10(15)9-16/h3-8H,9H2,1-2H3. The molecule has 0 aromatic heterocycles. The van der Waals surface area contributed by atoms with Crippen molar-refractivity contribution in [2.45, 2.75) is 5.33 Å². The molecule has 0 unspecified atom stereocenters. The van der Waals surface area contributed by atoms with Crippen LogP contribution in [-0.2, 0) is 5.33 Å². The maximum atomic E-state index is 13.2. The van der Waals surface area contributed by atoms with Gasteiger partial charge in [0.1, 0.15) is 28.8 Å². The molecule has 0 spiro atoms. The van der Waals surface area contributed by atoms with Crippen molar-refractivity contribution < 1.29 is 18.6 Å². The smallest absolute Gasteiger partial charge is 0.134 e. The molecular weight excluding hydrogens is 327 g/mol. The number of hydrogen-bond donors (Lipinski definition) is 0. The third-order valence-corrected chi connectivity index (χ3v) is 3.32.